The van der Waals surface area contributed by atoms with Gasteiger partial charge >= 0.3 is 0 Å². The molecule has 241 valence electrons. The summed E-state index contributed by atoms with van der Waals surface area (Å²) in [5.74, 6) is -0.118. The number of aromatic nitrogens is 4. The molecule has 4 N–H and O–H groups in total. The molecule has 0 bridgehead atoms. The van der Waals surface area contributed by atoms with Crippen molar-refractivity contribution in [2.24, 2.45) is 20.5 Å². The van der Waals surface area contributed by atoms with E-state index in [9.17, 15) is 20.4 Å². The van der Waals surface area contributed by atoms with Crippen molar-refractivity contribution in [2.75, 3.05) is 0 Å². The number of aromatic hydroxyl groups is 4. The quantitative estimate of drug-likeness (QED) is 0.129. The van der Waals surface area contributed by atoms with Crippen LogP contribution in [0.2, 0.25) is 0 Å². The summed E-state index contributed by atoms with van der Waals surface area (Å²) < 4.78 is 2.81. The van der Waals surface area contributed by atoms with Gasteiger partial charge in [0.2, 0.25) is 11.8 Å². The minimum absolute atomic E-state index is 0. The van der Waals surface area contributed by atoms with E-state index in [0.29, 0.717) is 22.8 Å². The van der Waals surface area contributed by atoms with Crippen molar-refractivity contribution < 1.29 is 37.2 Å². The molecule has 0 spiro atoms. The van der Waals surface area contributed by atoms with Gasteiger partial charge in [-0.3, -0.25) is 0 Å². The van der Waals surface area contributed by atoms with Gasteiger partial charge in [-0.25, -0.2) is 0 Å². The molecule has 4 aromatic carbocycles. The molecule has 0 saturated carbocycles. The number of azo groups is 2. The molecule has 2 heterocycles. The van der Waals surface area contributed by atoms with Gasteiger partial charge in [0, 0.05) is 16.8 Å². The van der Waals surface area contributed by atoms with E-state index < -0.39 is 0 Å². The molecule has 0 fully saturated rings. The second-order valence-corrected chi connectivity index (χ2v) is 10.4. The van der Waals surface area contributed by atoms with Crippen molar-refractivity contribution in [2.45, 2.75) is 27.7 Å². The number of aryl methyl sites for hydroxylation is 4. The van der Waals surface area contributed by atoms with Crippen LogP contribution in [0, 0.1) is 27.7 Å². The average Bonchev–Trinajstić information content (AvgIpc) is 3.51. The number of rotatable bonds is 6. The van der Waals surface area contributed by atoms with Gasteiger partial charge in [0.25, 0.3) is 0 Å². The zero-order valence-corrected chi connectivity index (χ0v) is 27.0. The molecule has 0 aliphatic heterocycles. The van der Waals surface area contributed by atoms with Crippen LogP contribution in [0.5, 0.6) is 23.3 Å². The summed E-state index contributed by atoms with van der Waals surface area (Å²) in [5.41, 5.74) is 5.69. The van der Waals surface area contributed by atoms with E-state index in [4.69, 9.17) is 0 Å². The van der Waals surface area contributed by atoms with Crippen molar-refractivity contribution in [1.29, 1.82) is 0 Å². The Morgan fingerprint density at radius 1 is 0.489 bits per heavy atom. The fraction of sp³-hybridized carbons (Fsp3) is 0.118. The predicted octanol–water partition coefficient (Wildman–Crippen LogP) is 8.63. The minimum Gasteiger partial charge on any atom is -0.506 e. The van der Waals surface area contributed by atoms with E-state index in [1.807, 2.05) is 74.5 Å². The largest absolute Gasteiger partial charge is 0.506 e. The molecule has 12 nitrogen and oxygen atoms in total. The van der Waals surface area contributed by atoms with Crippen LogP contribution in [0.4, 0.5) is 22.7 Å². The average molecular weight is 676 g/mol. The minimum atomic E-state index is -0.0930. The summed E-state index contributed by atoms with van der Waals surface area (Å²) >= 11 is 0. The maximum absolute atomic E-state index is 10.3. The topological polar surface area (TPSA) is 166 Å². The molecule has 6 rings (SSSR count). The number of para-hydroxylation sites is 2. The number of phenols is 2. The third-order valence-electron chi connectivity index (χ3n) is 6.79. The second-order valence-electron chi connectivity index (χ2n) is 10.4. The van der Waals surface area contributed by atoms with Crippen LogP contribution in [0.25, 0.3) is 11.4 Å². The number of hydrogen-bond donors (Lipinski definition) is 4. The van der Waals surface area contributed by atoms with Crippen molar-refractivity contribution >= 4 is 22.7 Å². The van der Waals surface area contributed by atoms with Crippen LogP contribution in [0.15, 0.2) is 118 Å². The van der Waals surface area contributed by atoms with E-state index in [-0.39, 0.29) is 51.4 Å². The maximum atomic E-state index is 10.3. The van der Waals surface area contributed by atoms with Gasteiger partial charge in [0.05, 0.1) is 22.8 Å². The molecule has 0 aliphatic carbocycles. The molecule has 0 atom stereocenters. The normalized spacial score (nSPS) is 11.0. The summed E-state index contributed by atoms with van der Waals surface area (Å²) in [6, 6.07) is 28.7. The Morgan fingerprint density at radius 2 is 0.851 bits per heavy atom. The van der Waals surface area contributed by atoms with Crippen LogP contribution in [0.1, 0.15) is 22.5 Å². The summed E-state index contributed by atoms with van der Waals surface area (Å²) in [5, 5.41) is 65.0. The van der Waals surface area contributed by atoms with Gasteiger partial charge in [0.15, 0.2) is 11.4 Å². The Kier molecular flexibility index (Phi) is 10.9. The predicted molar refractivity (Wildman–Crippen MR) is 174 cm³/mol. The molecular formula is C34H32CoN8O4. The Morgan fingerprint density at radius 3 is 1.21 bits per heavy atom. The van der Waals surface area contributed by atoms with Crippen LogP contribution >= 0.6 is 0 Å². The third-order valence-corrected chi connectivity index (χ3v) is 6.79. The first-order valence-corrected chi connectivity index (χ1v) is 14.2. The van der Waals surface area contributed by atoms with E-state index in [0.717, 1.165) is 22.5 Å². The third kappa shape index (κ3) is 7.90. The summed E-state index contributed by atoms with van der Waals surface area (Å²) in [6.07, 6.45) is 0. The van der Waals surface area contributed by atoms with Gasteiger partial charge in [-0.1, -0.05) is 48.5 Å². The molecule has 2 aromatic heterocycles. The van der Waals surface area contributed by atoms with Crippen LogP contribution in [0.3, 0.4) is 0 Å². The van der Waals surface area contributed by atoms with Crippen LogP contribution in [-0.4, -0.2) is 40.0 Å². The molecule has 13 heteroatoms. The smallest absolute Gasteiger partial charge is 0.243 e. The molecule has 0 aliphatic rings. The summed E-state index contributed by atoms with van der Waals surface area (Å²) in [6.45, 7) is 7.27. The van der Waals surface area contributed by atoms with Gasteiger partial charge < -0.3 is 20.4 Å². The van der Waals surface area contributed by atoms with Gasteiger partial charge in [-0.2, -0.15) is 19.6 Å². The van der Waals surface area contributed by atoms with Crippen molar-refractivity contribution in [3.63, 3.8) is 0 Å². The van der Waals surface area contributed by atoms with E-state index in [2.05, 4.69) is 30.7 Å². The summed E-state index contributed by atoms with van der Waals surface area (Å²) in [4.78, 5) is 0. The monoisotopic (exact) mass is 675 g/mol. The molecule has 0 saturated heterocycles. The molecule has 6 aromatic rings. The first kappa shape index (κ1) is 34.1. The summed E-state index contributed by atoms with van der Waals surface area (Å²) in [7, 11) is 0. The fourth-order valence-corrected chi connectivity index (χ4v) is 4.38. The first-order chi connectivity index (χ1) is 22.1. The van der Waals surface area contributed by atoms with Crippen molar-refractivity contribution in [3.8, 4) is 34.6 Å². The second kappa shape index (κ2) is 15.0. The maximum Gasteiger partial charge on any atom is 0.243 e. The fourth-order valence-electron chi connectivity index (χ4n) is 4.38. The Labute approximate surface area is 281 Å². The first-order valence-electron chi connectivity index (χ1n) is 14.2. The van der Waals surface area contributed by atoms with Crippen molar-refractivity contribution in [3.05, 3.63) is 120 Å². The van der Waals surface area contributed by atoms with Crippen molar-refractivity contribution in [1.82, 2.24) is 19.6 Å². The number of nitrogens with zero attached hydrogens (tertiary/aromatic N) is 8. The SMILES string of the molecule is Cc1ccc(O)c(N=Nc2c(C)nn(-c3ccccc3)c2O)c1.Cc1ccc(O)c(N=Nc2c(C)nn(-c3ccccc3)c2O)c1.[Co]. The zero-order valence-electron chi connectivity index (χ0n) is 25.9. The molecule has 0 unspecified atom stereocenters. The zero-order chi connectivity index (χ0) is 32.8. The van der Waals surface area contributed by atoms with Gasteiger partial charge in [-0.05, 0) is 87.4 Å². The number of phenolic OH excluding ortho intramolecular Hbond substituents is 2. The van der Waals surface area contributed by atoms with Gasteiger partial charge in [-0.15, -0.1) is 20.5 Å². The molecule has 1 radical (unpaired) electrons. The molecular weight excluding hydrogens is 643 g/mol. The van der Waals surface area contributed by atoms with Gasteiger partial charge in [0.1, 0.15) is 22.9 Å². The van der Waals surface area contributed by atoms with Crippen LogP contribution in [-0.2, 0) is 16.8 Å². The standard InChI is InChI=1S/2C17H16N4O2.Co/c2*1-11-8-9-15(22)14(10-11)18-19-16-12(2)20-21(17(16)23)13-6-4-3-5-7-13;/h2*3-10,22-23H,1-2H3;. The van der Waals surface area contributed by atoms with Crippen LogP contribution < -0.4 is 0 Å². The van der Waals surface area contributed by atoms with E-state index in [1.165, 1.54) is 9.36 Å². The Balaban J connectivity index is 0.000000208. The van der Waals surface area contributed by atoms with E-state index in [1.54, 1.807) is 50.2 Å². The Bertz CT molecular complexity index is 1890. The number of benzene rings is 4. The van der Waals surface area contributed by atoms with E-state index >= 15 is 0 Å². The molecule has 0 amide bonds. The molecule has 47 heavy (non-hydrogen) atoms. The Hall–Kier alpha value is -5.79. The number of hydrogen-bond acceptors (Lipinski definition) is 10.